The number of methoxy groups -OCH3 is 1. The molecular formula is C23H21N3O2S. The molecule has 0 radical (unpaired) electrons. The Bertz CT molecular complexity index is 1270. The fraction of sp³-hybridized carbons (Fsp3) is 0.261. The Labute approximate surface area is 172 Å². The summed E-state index contributed by atoms with van der Waals surface area (Å²) in [5, 5.41) is 13.9. The lowest BCUT2D eigenvalue weighted by molar-refractivity contribution is 0.199. The van der Waals surface area contributed by atoms with Crippen LogP contribution in [0.2, 0.25) is 0 Å². The summed E-state index contributed by atoms with van der Waals surface area (Å²) >= 11 is 1.50. The second-order valence-electron chi connectivity index (χ2n) is 6.88. The Kier molecular flexibility index (Phi) is 5.70. The number of nitrogens with zero attached hydrogens (tertiary/aromatic N) is 3. The van der Waals surface area contributed by atoms with Gasteiger partial charge in [-0.05, 0) is 28.8 Å². The van der Waals surface area contributed by atoms with Crippen molar-refractivity contribution in [1.29, 1.82) is 5.26 Å². The molecule has 0 bridgehead atoms. The van der Waals surface area contributed by atoms with E-state index in [4.69, 9.17) is 15.0 Å². The monoisotopic (exact) mass is 403 g/mol. The van der Waals surface area contributed by atoms with Crippen molar-refractivity contribution in [2.75, 3.05) is 13.7 Å². The third kappa shape index (κ3) is 3.80. The van der Waals surface area contributed by atoms with Gasteiger partial charge in [0.15, 0.2) is 0 Å². The topological polar surface area (TPSA) is 67.9 Å². The van der Waals surface area contributed by atoms with E-state index in [1.165, 1.54) is 16.7 Å². The molecule has 2 aromatic heterocycles. The van der Waals surface area contributed by atoms with Gasteiger partial charge in [0.2, 0.25) is 0 Å². The minimum Gasteiger partial charge on any atom is -0.384 e. The molecule has 2 aromatic carbocycles. The maximum absolute atomic E-state index is 13.4. The summed E-state index contributed by atoms with van der Waals surface area (Å²) in [5.74, 6) is 0.717. The van der Waals surface area contributed by atoms with Gasteiger partial charge >= 0.3 is 0 Å². The van der Waals surface area contributed by atoms with Crippen molar-refractivity contribution in [2.45, 2.75) is 25.8 Å². The summed E-state index contributed by atoms with van der Waals surface area (Å²) in [6, 6.07) is 16.6. The molecule has 4 rings (SSSR count). The number of thiophene rings is 1. The molecule has 0 N–H and O–H groups in total. The predicted octanol–water partition coefficient (Wildman–Crippen LogP) is 4.77. The Morgan fingerprint density at radius 2 is 2.03 bits per heavy atom. The molecular weight excluding hydrogens is 382 g/mol. The molecule has 0 amide bonds. The molecule has 0 aliphatic rings. The highest BCUT2D eigenvalue weighted by Gasteiger charge is 2.17. The second-order valence-corrected chi connectivity index (χ2v) is 7.74. The molecule has 0 saturated heterocycles. The van der Waals surface area contributed by atoms with Crippen LogP contribution < -0.4 is 5.56 Å². The van der Waals surface area contributed by atoms with Crippen LogP contribution in [0.3, 0.4) is 0 Å². The Hall–Kier alpha value is -3.01. The van der Waals surface area contributed by atoms with Gasteiger partial charge in [-0.1, -0.05) is 36.4 Å². The van der Waals surface area contributed by atoms with Crippen LogP contribution in [0.25, 0.3) is 32.1 Å². The van der Waals surface area contributed by atoms with Gasteiger partial charge in [0.25, 0.3) is 5.56 Å². The normalized spacial score (nSPS) is 11.2. The molecule has 2 heterocycles. The number of benzene rings is 2. The van der Waals surface area contributed by atoms with E-state index in [0.29, 0.717) is 43.6 Å². The van der Waals surface area contributed by atoms with Gasteiger partial charge < -0.3 is 4.74 Å². The van der Waals surface area contributed by atoms with E-state index in [1.54, 1.807) is 11.7 Å². The molecule has 0 saturated carbocycles. The zero-order valence-corrected chi connectivity index (χ0v) is 17.0. The van der Waals surface area contributed by atoms with Crippen molar-refractivity contribution in [3.63, 3.8) is 0 Å². The van der Waals surface area contributed by atoms with Gasteiger partial charge in [0, 0.05) is 37.4 Å². The van der Waals surface area contributed by atoms with Crippen molar-refractivity contribution in [3.8, 4) is 17.2 Å². The summed E-state index contributed by atoms with van der Waals surface area (Å²) in [5.41, 5.74) is 1.89. The van der Waals surface area contributed by atoms with E-state index in [2.05, 4.69) is 36.4 Å². The lowest BCUT2D eigenvalue weighted by Crippen LogP contribution is -2.26. The number of unbranched alkanes of at least 4 members (excludes halogenated alkanes) is 1. The SMILES string of the molecule is COCCc1nc2scc(-c3ccc4ccccc4c3)c2c(=O)n1CCCC#N. The summed E-state index contributed by atoms with van der Waals surface area (Å²) in [6.45, 7) is 0.987. The van der Waals surface area contributed by atoms with Crippen molar-refractivity contribution >= 4 is 32.3 Å². The van der Waals surface area contributed by atoms with E-state index in [-0.39, 0.29) is 5.56 Å². The molecule has 4 aromatic rings. The van der Waals surface area contributed by atoms with Gasteiger partial charge in [0.05, 0.1) is 18.1 Å². The zero-order chi connectivity index (χ0) is 20.2. The first-order valence-electron chi connectivity index (χ1n) is 9.59. The molecule has 0 fully saturated rings. The predicted molar refractivity (Wildman–Crippen MR) is 117 cm³/mol. The molecule has 0 spiro atoms. The summed E-state index contributed by atoms with van der Waals surface area (Å²) < 4.78 is 6.91. The molecule has 0 unspecified atom stereocenters. The number of hydrogen-bond donors (Lipinski definition) is 0. The average molecular weight is 404 g/mol. The molecule has 29 heavy (non-hydrogen) atoms. The van der Waals surface area contributed by atoms with Crippen LogP contribution in [0.5, 0.6) is 0 Å². The first kappa shape index (κ1) is 19.3. The molecule has 146 valence electrons. The van der Waals surface area contributed by atoms with Crippen molar-refractivity contribution in [1.82, 2.24) is 9.55 Å². The fourth-order valence-corrected chi connectivity index (χ4v) is 4.52. The minimum absolute atomic E-state index is 0.0385. The third-order valence-electron chi connectivity index (χ3n) is 5.03. The van der Waals surface area contributed by atoms with Gasteiger partial charge in [-0.25, -0.2) is 4.98 Å². The lowest BCUT2D eigenvalue weighted by Gasteiger charge is -2.12. The summed E-state index contributed by atoms with van der Waals surface area (Å²) in [7, 11) is 1.64. The van der Waals surface area contributed by atoms with E-state index in [9.17, 15) is 4.79 Å². The van der Waals surface area contributed by atoms with Crippen LogP contribution in [0.1, 0.15) is 18.7 Å². The van der Waals surface area contributed by atoms with Crippen LogP contribution in [-0.4, -0.2) is 23.3 Å². The van der Waals surface area contributed by atoms with Crippen LogP contribution in [0, 0.1) is 11.3 Å². The summed E-state index contributed by atoms with van der Waals surface area (Å²) in [4.78, 5) is 19.0. The van der Waals surface area contributed by atoms with Gasteiger partial charge in [0.1, 0.15) is 10.7 Å². The standard InChI is InChI=1S/C23H21N3O2S/c1-28-13-10-20-25-22-21(23(27)26(20)12-5-4-11-24)19(15-29-22)18-9-8-16-6-2-3-7-17(16)14-18/h2-3,6-9,14-15H,4-5,10,12-13H2,1H3. The Balaban J connectivity index is 1.86. The quantitative estimate of drug-likeness (QED) is 0.417. The maximum Gasteiger partial charge on any atom is 0.262 e. The molecule has 0 aliphatic heterocycles. The van der Waals surface area contributed by atoms with Crippen molar-refractivity contribution in [2.24, 2.45) is 0 Å². The highest BCUT2D eigenvalue weighted by Crippen LogP contribution is 2.33. The number of ether oxygens (including phenoxy) is 1. The fourth-order valence-electron chi connectivity index (χ4n) is 3.57. The first-order valence-corrected chi connectivity index (χ1v) is 10.5. The number of fused-ring (bicyclic) bond motifs is 2. The molecule has 6 heteroatoms. The van der Waals surface area contributed by atoms with E-state index in [1.807, 2.05) is 17.5 Å². The van der Waals surface area contributed by atoms with E-state index >= 15 is 0 Å². The molecule has 5 nitrogen and oxygen atoms in total. The molecule has 0 atom stereocenters. The minimum atomic E-state index is -0.0385. The van der Waals surface area contributed by atoms with Crippen LogP contribution >= 0.6 is 11.3 Å². The largest absolute Gasteiger partial charge is 0.384 e. The van der Waals surface area contributed by atoms with Gasteiger partial charge in [-0.15, -0.1) is 11.3 Å². The van der Waals surface area contributed by atoms with Crippen LogP contribution in [0.15, 0.2) is 52.6 Å². The number of nitriles is 1. The third-order valence-corrected chi connectivity index (χ3v) is 5.91. The van der Waals surface area contributed by atoms with Gasteiger partial charge in [-0.2, -0.15) is 5.26 Å². The zero-order valence-electron chi connectivity index (χ0n) is 16.2. The van der Waals surface area contributed by atoms with E-state index < -0.39 is 0 Å². The Morgan fingerprint density at radius 3 is 2.83 bits per heavy atom. The van der Waals surface area contributed by atoms with Crippen LogP contribution in [0.4, 0.5) is 0 Å². The number of rotatable bonds is 7. The highest BCUT2D eigenvalue weighted by molar-refractivity contribution is 7.17. The average Bonchev–Trinajstić information content (AvgIpc) is 3.18. The van der Waals surface area contributed by atoms with Crippen LogP contribution in [-0.2, 0) is 17.7 Å². The second kappa shape index (κ2) is 8.56. The maximum atomic E-state index is 13.4. The Morgan fingerprint density at radius 1 is 1.21 bits per heavy atom. The highest BCUT2D eigenvalue weighted by atomic mass is 32.1. The van der Waals surface area contributed by atoms with Crippen molar-refractivity contribution in [3.05, 3.63) is 64.0 Å². The van der Waals surface area contributed by atoms with E-state index in [0.717, 1.165) is 21.3 Å². The molecule has 0 aliphatic carbocycles. The first-order chi connectivity index (χ1) is 14.2. The smallest absolute Gasteiger partial charge is 0.262 e. The summed E-state index contributed by atoms with van der Waals surface area (Å²) in [6.07, 6.45) is 1.60. The lowest BCUT2D eigenvalue weighted by atomic mass is 10.0. The number of hydrogen-bond acceptors (Lipinski definition) is 5. The number of aromatic nitrogens is 2. The van der Waals surface area contributed by atoms with Gasteiger partial charge in [-0.3, -0.25) is 9.36 Å². The van der Waals surface area contributed by atoms with Crippen molar-refractivity contribution < 1.29 is 4.74 Å².